The second kappa shape index (κ2) is 2.51. The van der Waals surface area contributed by atoms with Crippen molar-refractivity contribution in [1.82, 2.24) is 5.32 Å². The molecule has 2 N–H and O–H groups in total. The van der Waals surface area contributed by atoms with E-state index in [0.29, 0.717) is 5.56 Å². The lowest BCUT2D eigenvalue weighted by Gasteiger charge is -2.26. The maximum Gasteiger partial charge on any atom is 0.241 e. The van der Waals surface area contributed by atoms with Crippen molar-refractivity contribution in [2.24, 2.45) is 0 Å². The summed E-state index contributed by atoms with van der Waals surface area (Å²) in [6.07, 6.45) is 3.50. The normalized spacial score (nSPS) is 26.2. The Morgan fingerprint density at radius 2 is 2.08 bits per heavy atom. The Kier molecular flexibility index (Phi) is 1.60. The number of benzene rings is 1. The van der Waals surface area contributed by atoms with Gasteiger partial charge in [0.2, 0.25) is 5.18 Å². The molecule has 0 bridgehead atoms. The van der Waals surface area contributed by atoms with Crippen LogP contribution in [0.2, 0.25) is 0 Å². The van der Waals surface area contributed by atoms with Crippen molar-refractivity contribution in [2.75, 3.05) is 0 Å². The zero-order valence-electron chi connectivity index (χ0n) is 6.29. The Bertz CT molecular complexity index is 333. The Hall–Kier alpha value is -0.990. The van der Waals surface area contributed by atoms with Crippen molar-refractivity contribution < 1.29 is 5.11 Å². The average molecular weight is 182 g/mol. The highest BCUT2D eigenvalue weighted by Crippen LogP contribution is 2.29. The van der Waals surface area contributed by atoms with Crippen LogP contribution in [0.25, 0.3) is 6.08 Å². The van der Waals surface area contributed by atoms with Gasteiger partial charge in [-0.15, -0.1) is 0 Å². The highest BCUT2D eigenvalue weighted by atomic mass is 35.5. The van der Waals surface area contributed by atoms with Crippen LogP contribution in [-0.2, 0) is 5.18 Å². The quantitative estimate of drug-likeness (QED) is 0.471. The summed E-state index contributed by atoms with van der Waals surface area (Å²) in [5, 5.41) is 10.8. The topological polar surface area (TPSA) is 32.3 Å². The Labute approximate surface area is 75.5 Å². The van der Waals surface area contributed by atoms with E-state index >= 15 is 0 Å². The van der Waals surface area contributed by atoms with E-state index in [1.54, 1.807) is 12.3 Å². The molecule has 12 heavy (non-hydrogen) atoms. The molecule has 3 heteroatoms. The SMILES string of the molecule is OC1(Cl)NC=Cc2ccccc21. The minimum Gasteiger partial charge on any atom is -0.355 e. The summed E-state index contributed by atoms with van der Waals surface area (Å²) >= 11 is 5.80. The van der Waals surface area contributed by atoms with Gasteiger partial charge in [0.05, 0.1) is 0 Å². The van der Waals surface area contributed by atoms with Gasteiger partial charge in [-0.2, -0.15) is 0 Å². The van der Waals surface area contributed by atoms with Gasteiger partial charge < -0.3 is 10.4 Å². The molecule has 0 saturated carbocycles. The van der Waals surface area contributed by atoms with E-state index < -0.39 is 5.18 Å². The lowest BCUT2D eigenvalue weighted by molar-refractivity contribution is 0.104. The second-order valence-corrected chi connectivity index (χ2v) is 3.23. The molecule has 1 aliphatic heterocycles. The molecular formula is C9H8ClNO. The fraction of sp³-hybridized carbons (Fsp3) is 0.111. The molecule has 0 saturated heterocycles. The summed E-state index contributed by atoms with van der Waals surface area (Å²) in [5.41, 5.74) is 1.63. The van der Waals surface area contributed by atoms with E-state index in [0.717, 1.165) is 5.56 Å². The minimum atomic E-state index is -1.45. The molecule has 1 aliphatic rings. The third-order valence-corrected chi connectivity index (χ3v) is 2.17. The molecule has 1 atom stereocenters. The first-order valence-corrected chi connectivity index (χ1v) is 4.03. The maximum atomic E-state index is 9.63. The predicted molar refractivity (Wildman–Crippen MR) is 48.4 cm³/mol. The molecule has 0 fully saturated rings. The van der Waals surface area contributed by atoms with E-state index in [9.17, 15) is 5.11 Å². The van der Waals surface area contributed by atoms with Crippen molar-refractivity contribution in [2.45, 2.75) is 5.18 Å². The number of aliphatic hydroxyl groups is 1. The first-order chi connectivity index (χ1) is 5.70. The molecule has 1 aromatic carbocycles. The lowest BCUT2D eigenvalue weighted by Crippen LogP contribution is -2.35. The number of alkyl halides is 1. The largest absolute Gasteiger partial charge is 0.355 e. The molecule has 0 aromatic heterocycles. The van der Waals surface area contributed by atoms with Crippen LogP contribution >= 0.6 is 11.6 Å². The smallest absolute Gasteiger partial charge is 0.241 e. The number of rotatable bonds is 0. The van der Waals surface area contributed by atoms with Gasteiger partial charge in [0.15, 0.2) is 0 Å². The number of hydrogen-bond donors (Lipinski definition) is 2. The summed E-state index contributed by atoms with van der Waals surface area (Å²) in [7, 11) is 0. The highest BCUT2D eigenvalue weighted by Gasteiger charge is 2.28. The second-order valence-electron chi connectivity index (χ2n) is 2.69. The van der Waals surface area contributed by atoms with Crippen molar-refractivity contribution >= 4 is 17.7 Å². The summed E-state index contributed by atoms with van der Waals surface area (Å²) in [4.78, 5) is 0. The van der Waals surface area contributed by atoms with Crippen LogP contribution in [-0.4, -0.2) is 5.11 Å². The molecule has 0 radical (unpaired) electrons. The van der Waals surface area contributed by atoms with Gasteiger partial charge in [-0.3, -0.25) is 0 Å². The van der Waals surface area contributed by atoms with Gasteiger partial charge in [-0.05, 0) is 11.6 Å². The number of nitrogens with one attached hydrogen (secondary N) is 1. The van der Waals surface area contributed by atoms with Crippen LogP contribution in [0.3, 0.4) is 0 Å². The van der Waals surface area contributed by atoms with Crippen LogP contribution in [0, 0.1) is 0 Å². The van der Waals surface area contributed by atoms with Crippen molar-refractivity contribution in [1.29, 1.82) is 0 Å². The summed E-state index contributed by atoms with van der Waals surface area (Å²) < 4.78 is 0. The van der Waals surface area contributed by atoms with Crippen molar-refractivity contribution in [3.8, 4) is 0 Å². The van der Waals surface area contributed by atoms with E-state index in [2.05, 4.69) is 5.32 Å². The summed E-state index contributed by atoms with van der Waals surface area (Å²) in [5.74, 6) is 0. The van der Waals surface area contributed by atoms with E-state index in [-0.39, 0.29) is 0 Å². The van der Waals surface area contributed by atoms with Crippen LogP contribution in [0.4, 0.5) is 0 Å². The zero-order chi connectivity index (χ0) is 8.60. The first-order valence-electron chi connectivity index (χ1n) is 3.65. The van der Waals surface area contributed by atoms with Gasteiger partial charge in [0.1, 0.15) is 0 Å². The van der Waals surface area contributed by atoms with Gasteiger partial charge in [0, 0.05) is 11.8 Å². The Morgan fingerprint density at radius 3 is 2.83 bits per heavy atom. The van der Waals surface area contributed by atoms with Crippen molar-refractivity contribution in [3.63, 3.8) is 0 Å². The highest BCUT2D eigenvalue weighted by molar-refractivity contribution is 6.23. The summed E-state index contributed by atoms with van der Waals surface area (Å²) in [6.45, 7) is 0. The fourth-order valence-corrected chi connectivity index (χ4v) is 1.50. The van der Waals surface area contributed by atoms with E-state index in [1.165, 1.54) is 0 Å². The monoisotopic (exact) mass is 181 g/mol. The molecule has 1 aromatic rings. The molecule has 0 aliphatic carbocycles. The molecule has 0 spiro atoms. The maximum absolute atomic E-state index is 9.63. The van der Waals surface area contributed by atoms with Gasteiger partial charge >= 0.3 is 0 Å². The number of halogens is 1. The molecule has 2 nitrogen and oxygen atoms in total. The van der Waals surface area contributed by atoms with E-state index in [1.807, 2.05) is 24.3 Å². The molecule has 1 heterocycles. The van der Waals surface area contributed by atoms with Crippen LogP contribution in [0.5, 0.6) is 0 Å². The van der Waals surface area contributed by atoms with Gasteiger partial charge in [-0.25, -0.2) is 0 Å². The molecule has 2 rings (SSSR count). The lowest BCUT2D eigenvalue weighted by atomic mass is 10.0. The molecule has 62 valence electrons. The Balaban J connectivity index is 2.60. The minimum absolute atomic E-state index is 0.689. The Morgan fingerprint density at radius 1 is 1.33 bits per heavy atom. The van der Waals surface area contributed by atoms with Gasteiger partial charge in [-0.1, -0.05) is 35.9 Å². The van der Waals surface area contributed by atoms with Crippen LogP contribution < -0.4 is 5.32 Å². The third kappa shape index (κ3) is 1.09. The fourth-order valence-electron chi connectivity index (χ4n) is 1.26. The first kappa shape index (κ1) is 7.65. The zero-order valence-corrected chi connectivity index (χ0v) is 7.05. The average Bonchev–Trinajstić information content (AvgIpc) is 2.04. The van der Waals surface area contributed by atoms with Crippen LogP contribution in [0.15, 0.2) is 30.5 Å². The van der Waals surface area contributed by atoms with Crippen LogP contribution in [0.1, 0.15) is 11.1 Å². The standard InChI is InChI=1S/C9H8ClNO/c10-9(12)8-4-2-1-3-7(8)5-6-11-9/h1-6,11-12H. The molecule has 0 amide bonds. The summed E-state index contributed by atoms with van der Waals surface area (Å²) in [6, 6.07) is 7.44. The number of hydrogen-bond acceptors (Lipinski definition) is 2. The number of fused-ring (bicyclic) bond motifs is 1. The van der Waals surface area contributed by atoms with E-state index in [4.69, 9.17) is 11.6 Å². The van der Waals surface area contributed by atoms with Gasteiger partial charge in [0.25, 0.3) is 0 Å². The molecule has 1 unspecified atom stereocenters. The predicted octanol–water partition coefficient (Wildman–Crippen LogP) is 1.60. The molecular weight excluding hydrogens is 174 g/mol. The third-order valence-electron chi connectivity index (χ3n) is 1.86. The van der Waals surface area contributed by atoms with Crippen molar-refractivity contribution in [3.05, 3.63) is 41.6 Å².